The standard InChI is InChI=1S/C20H22BrN5O2S/c1-12-6-4-7-13(2)18(12)28-11-17-24-25-20(26(17)22)29-14(3)19(27)23-16-9-5-8-15(21)10-16/h4-10,14H,11,22H2,1-3H3,(H,23,27). The minimum atomic E-state index is -0.409. The Bertz CT molecular complexity index is 1000. The van der Waals surface area contributed by atoms with Gasteiger partial charge in [0.15, 0.2) is 5.82 Å². The number of carbonyl (C=O) groups is 1. The predicted molar refractivity (Wildman–Crippen MR) is 119 cm³/mol. The average Bonchev–Trinajstić information content (AvgIpc) is 3.01. The van der Waals surface area contributed by atoms with Crippen LogP contribution in [0, 0.1) is 13.8 Å². The molecule has 0 radical (unpaired) electrons. The number of nitrogens with one attached hydrogen (secondary N) is 1. The van der Waals surface area contributed by atoms with Crippen molar-refractivity contribution in [1.82, 2.24) is 14.9 Å². The van der Waals surface area contributed by atoms with E-state index < -0.39 is 5.25 Å². The van der Waals surface area contributed by atoms with Gasteiger partial charge in [0, 0.05) is 10.2 Å². The summed E-state index contributed by atoms with van der Waals surface area (Å²) in [5, 5.41) is 11.1. The van der Waals surface area contributed by atoms with E-state index in [0.29, 0.717) is 16.7 Å². The topological polar surface area (TPSA) is 95.1 Å². The number of anilines is 1. The number of nitrogen functional groups attached to an aromatic ring is 1. The number of para-hydroxylation sites is 1. The number of hydrogen-bond acceptors (Lipinski definition) is 6. The molecular formula is C20H22BrN5O2S. The predicted octanol–water partition coefficient (Wildman–Crippen LogP) is 4.07. The number of ether oxygens (including phenoxy) is 1. The van der Waals surface area contributed by atoms with Crippen molar-refractivity contribution in [2.75, 3.05) is 11.2 Å². The quantitative estimate of drug-likeness (QED) is 0.394. The van der Waals surface area contributed by atoms with Gasteiger partial charge < -0.3 is 15.9 Å². The first-order valence-corrected chi connectivity index (χ1v) is 10.6. The maximum Gasteiger partial charge on any atom is 0.237 e. The third-order valence-electron chi connectivity index (χ3n) is 4.23. The van der Waals surface area contributed by atoms with Crippen LogP contribution in [0.4, 0.5) is 5.69 Å². The number of halogens is 1. The Hall–Kier alpha value is -2.52. The van der Waals surface area contributed by atoms with Crippen LogP contribution < -0.4 is 15.9 Å². The lowest BCUT2D eigenvalue weighted by Gasteiger charge is -2.13. The molecule has 1 aromatic heterocycles. The van der Waals surface area contributed by atoms with E-state index in [1.54, 1.807) is 6.92 Å². The van der Waals surface area contributed by atoms with Gasteiger partial charge in [-0.1, -0.05) is 52.0 Å². The number of aromatic nitrogens is 3. The molecule has 0 bridgehead atoms. The van der Waals surface area contributed by atoms with Crippen molar-refractivity contribution in [2.24, 2.45) is 0 Å². The van der Waals surface area contributed by atoms with Crippen molar-refractivity contribution in [3.05, 3.63) is 63.9 Å². The maximum absolute atomic E-state index is 12.5. The van der Waals surface area contributed by atoms with Crippen LogP contribution in [0.2, 0.25) is 0 Å². The number of nitrogens with zero attached hydrogens (tertiary/aromatic N) is 3. The number of carbonyl (C=O) groups excluding carboxylic acids is 1. The van der Waals surface area contributed by atoms with Gasteiger partial charge in [0.25, 0.3) is 0 Å². The van der Waals surface area contributed by atoms with Crippen LogP contribution in [0.3, 0.4) is 0 Å². The summed E-state index contributed by atoms with van der Waals surface area (Å²) in [7, 11) is 0. The third-order valence-corrected chi connectivity index (χ3v) is 5.78. The smallest absolute Gasteiger partial charge is 0.237 e. The average molecular weight is 476 g/mol. The lowest BCUT2D eigenvalue weighted by atomic mass is 10.1. The fourth-order valence-electron chi connectivity index (χ4n) is 2.67. The fourth-order valence-corrected chi connectivity index (χ4v) is 3.86. The molecule has 1 amide bonds. The van der Waals surface area contributed by atoms with E-state index in [1.165, 1.54) is 16.4 Å². The molecule has 3 rings (SSSR count). The minimum Gasteiger partial charge on any atom is -0.485 e. The number of amides is 1. The Kier molecular flexibility index (Phi) is 6.81. The second-order valence-electron chi connectivity index (χ2n) is 6.54. The molecule has 0 aliphatic rings. The highest BCUT2D eigenvalue weighted by molar-refractivity contribution is 9.10. The van der Waals surface area contributed by atoms with Crippen molar-refractivity contribution < 1.29 is 9.53 Å². The van der Waals surface area contributed by atoms with Crippen LogP contribution in [-0.4, -0.2) is 26.0 Å². The molecule has 1 heterocycles. The number of hydrogen-bond donors (Lipinski definition) is 2. The highest BCUT2D eigenvalue weighted by atomic mass is 79.9. The van der Waals surface area contributed by atoms with Gasteiger partial charge in [-0.3, -0.25) is 4.79 Å². The summed E-state index contributed by atoms with van der Waals surface area (Å²) >= 11 is 4.62. The molecule has 0 aliphatic carbocycles. The lowest BCUT2D eigenvalue weighted by Crippen LogP contribution is -2.24. The van der Waals surface area contributed by atoms with Gasteiger partial charge in [-0.15, -0.1) is 10.2 Å². The van der Waals surface area contributed by atoms with E-state index >= 15 is 0 Å². The first kappa shape index (κ1) is 21.2. The third kappa shape index (κ3) is 5.30. The number of benzene rings is 2. The molecule has 1 atom stereocenters. The van der Waals surface area contributed by atoms with Crippen LogP contribution in [0.15, 0.2) is 52.1 Å². The summed E-state index contributed by atoms with van der Waals surface area (Å²) in [5.74, 6) is 7.26. The van der Waals surface area contributed by atoms with Gasteiger partial charge in [-0.05, 0) is 50.1 Å². The van der Waals surface area contributed by atoms with Gasteiger partial charge in [0.2, 0.25) is 11.1 Å². The molecule has 152 valence electrons. The first-order chi connectivity index (χ1) is 13.8. The molecule has 0 aliphatic heterocycles. The second kappa shape index (κ2) is 9.32. The zero-order valence-corrected chi connectivity index (χ0v) is 18.8. The summed E-state index contributed by atoms with van der Waals surface area (Å²) in [6.07, 6.45) is 0. The van der Waals surface area contributed by atoms with Gasteiger partial charge >= 0.3 is 0 Å². The minimum absolute atomic E-state index is 0.149. The van der Waals surface area contributed by atoms with Gasteiger partial charge in [-0.2, -0.15) is 0 Å². The molecule has 0 saturated heterocycles. The molecule has 29 heavy (non-hydrogen) atoms. The van der Waals surface area contributed by atoms with E-state index in [9.17, 15) is 4.79 Å². The molecule has 3 aromatic rings. The zero-order chi connectivity index (χ0) is 21.0. The molecule has 7 nitrogen and oxygen atoms in total. The Morgan fingerprint density at radius 3 is 2.62 bits per heavy atom. The van der Waals surface area contributed by atoms with Crippen molar-refractivity contribution in [3.8, 4) is 5.75 Å². The molecule has 0 fully saturated rings. The number of nitrogens with two attached hydrogens (primary N) is 1. The summed E-state index contributed by atoms with van der Waals surface area (Å²) in [6.45, 7) is 5.96. The normalized spacial score (nSPS) is 11.9. The van der Waals surface area contributed by atoms with Crippen LogP contribution >= 0.6 is 27.7 Å². The van der Waals surface area contributed by atoms with Crippen molar-refractivity contribution in [2.45, 2.75) is 37.8 Å². The zero-order valence-electron chi connectivity index (χ0n) is 16.3. The molecule has 3 N–H and O–H groups in total. The molecular weight excluding hydrogens is 454 g/mol. The van der Waals surface area contributed by atoms with Crippen molar-refractivity contribution >= 4 is 39.3 Å². The summed E-state index contributed by atoms with van der Waals surface area (Å²) < 4.78 is 8.15. The largest absolute Gasteiger partial charge is 0.485 e. The molecule has 9 heteroatoms. The first-order valence-electron chi connectivity index (χ1n) is 8.96. The molecule has 2 aromatic carbocycles. The second-order valence-corrected chi connectivity index (χ2v) is 8.76. The van der Waals surface area contributed by atoms with Gasteiger partial charge in [0.1, 0.15) is 12.4 Å². The Morgan fingerprint density at radius 1 is 1.24 bits per heavy atom. The molecule has 1 unspecified atom stereocenters. The Labute approximate surface area is 182 Å². The Balaban J connectivity index is 1.62. The number of thioether (sulfide) groups is 1. The van der Waals surface area contributed by atoms with E-state index in [1.807, 2.05) is 56.3 Å². The van der Waals surface area contributed by atoms with E-state index in [0.717, 1.165) is 21.3 Å². The highest BCUT2D eigenvalue weighted by Crippen LogP contribution is 2.25. The highest BCUT2D eigenvalue weighted by Gasteiger charge is 2.20. The van der Waals surface area contributed by atoms with Crippen LogP contribution in [0.5, 0.6) is 5.75 Å². The van der Waals surface area contributed by atoms with Gasteiger partial charge in [-0.25, -0.2) is 4.68 Å². The van der Waals surface area contributed by atoms with Crippen LogP contribution in [-0.2, 0) is 11.4 Å². The summed E-state index contributed by atoms with van der Waals surface area (Å²) in [4.78, 5) is 12.5. The Morgan fingerprint density at radius 2 is 1.93 bits per heavy atom. The fraction of sp³-hybridized carbons (Fsp3) is 0.250. The molecule has 0 spiro atoms. The number of rotatable bonds is 7. The summed E-state index contributed by atoms with van der Waals surface area (Å²) in [5.41, 5.74) is 2.80. The van der Waals surface area contributed by atoms with E-state index in [2.05, 4.69) is 31.4 Å². The van der Waals surface area contributed by atoms with E-state index in [4.69, 9.17) is 10.6 Å². The maximum atomic E-state index is 12.5. The lowest BCUT2D eigenvalue weighted by molar-refractivity contribution is -0.115. The van der Waals surface area contributed by atoms with Crippen molar-refractivity contribution in [1.29, 1.82) is 0 Å². The van der Waals surface area contributed by atoms with Crippen LogP contribution in [0.25, 0.3) is 0 Å². The number of aryl methyl sites for hydroxylation is 2. The van der Waals surface area contributed by atoms with E-state index in [-0.39, 0.29) is 12.5 Å². The summed E-state index contributed by atoms with van der Waals surface area (Å²) in [6, 6.07) is 13.4. The SMILES string of the molecule is Cc1cccc(C)c1OCc1nnc(SC(C)C(=O)Nc2cccc(Br)c2)n1N. The molecule has 0 saturated carbocycles. The van der Waals surface area contributed by atoms with Crippen LogP contribution in [0.1, 0.15) is 23.9 Å². The monoisotopic (exact) mass is 475 g/mol. The van der Waals surface area contributed by atoms with Crippen molar-refractivity contribution in [3.63, 3.8) is 0 Å². The van der Waals surface area contributed by atoms with Gasteiger partial charge in [0.05, 0.1) is 5.25 Å².